The molecular formula is C18H21N5O2. The number of hydrogen-bond donors (Lipinski definition) is 2. The van der Waals surface area contributed by atoms with Crippen LogP contribution in [0.25, 0.3) is 16.7 Å². The molecule has 25 heavy (non-hydrogen) atoms. The average Bonchev–Trinajstić information content (AvgIpc) is 3.07. The quantitative estimate of drug-likeness (QED) is 0.758. The average molecular weight is 339 g/mol. The van der Waals surface area contributed by atoms with Gasteiger partial charge in [0, 0.05) is 13.1 Å². The number of anilines is 1. The highest BCUT2D eigenvalue weighted by Crippen LogP contribution is 2.24. The largest absolute Gasteiger partial charge is 0.393 e. The van der Waals surface area contributed by atoms with E-state index in [-0.39, 0.29) is 11.7 Å². The molecule has 1 unspecified atom stereocenters. The third kappa shape index (κ3) is 2.91. The van der Waals surface area contributed by atoms with Crippen LogP contribution >= 0.6 is 0 Å². The molecule has 7 heteroatoms. The van der Waals surface area contributed by atoms with Crippen LogP contribution in [0.1, 0.15) is 19.8 Å². The number of nitrogens with zero attached hydrogens (tertiary/aromatic N) is 4. The maximum absolute atomic E-state index is 12.4. The minimum atomic E-state index is -0.295. The first-order chi connectivity index (χ1) is 12.1. The molecule has 0 spiro atoms. The van der Waals surface area contributed by atoms with Gasteiger partial charge in [0.25, 0.3) is 5.56 Å². The third-order valence-electron chi connectivity index (χ3n) is 4.95. The minimum Gasteiger partial charge on any atom is -0.393 e. The molecule has 0 radical (unpaired) electrons. The number of aliphatic hydroxyl groups is 1. The second-order valence-corrected chi connectivity index (χ2v) is 6.58. The molecule has 3 aromatic rings. The molecule has 1 atom stereocenters. The molecule has 1 saturated heterocycles. The van der Waals surface area contributed by atoms with Crippen LogP contribution in [-0.2, 0) is 0 Å². The Hall–Kier alpha value is -2.67. The van der Waals surface area contributed by atoms with Crippen molar-refractivity contribution >= 4 is 17.0 Å². The van der Waals surface area contributed by atoms with Gasteiger partial charge < -0.3 is 10.0 Å². The van der Waals surface area contributed by atoms with E-state index < -0.39 is 0 Å². The SMILES string of the molecule is CC(O)C1CCN(c2nc3c(cnn3-c3ccccc3)c(=O)[nH]2)CC1. The van der Waals surface area contributed by atoms with Gasteiger partial charge in [0.05, 0.1) is 18.0 Å². The van der Waals surface area contributed by atoms with Gasteiger partial charge in [-0.05, 0) is 37.8 Å². The van der Waals surface area contributed by atoms with Gasteiger partial charge in [-0.1, -0.05) is 18.2 Å². The van der Waals surface area contributed by atoms with E-state index in [0.29, 0.717) is 22.9 Å². The summed E-state index contributed by atoms with van der Waals surface area (Å²) in [5.41, 5.74) is 1.25. The Morgan fingerprint density at radius 1 is 1.24 bits per heavy atom. The molecule has 0 saturated carbocycles. The highest BCUT2D eigenvalue weighted by atomic mass is 16.3. The molecule has 130 valence electrons. The summed E-state index contributed by atoms with van der Waals surface area (Å²) in [6.07, 6.45) is 3.03. The van der Waals surface area contributed by atoms with Crippen molar-refractivity contribution in [3.8, 4) is 5.69 Å². The summed E-state index contributed by atoms with van der Waals surface area (Å²) >= 11 is 0. The Bertz CT molecular complexity index is 924. The van der Waals surface area contributed by atoms with Crippen molar-refractivity contribution in [1.82, 2.24) is 19.7 Å². The molecule has 2 N–H and O–H groups in total. The number of rotatable bonds is 3. The lowest BCUT2D eigenvalue weighted by atomic mass is 9.92. The zero-order valence-electron chi connectivity index (χ0n) is 14.1. The number of hydrogen-bond acceptors (Lipinski definition) is 5. The fourth-order valence-electron chi connectivity index (χ4n) is 3.41. The van der Waals surface area contributed by atoms with E-state index in [9.17, 15) is 9.90 Å². The number of H-pyrrole nitrogens is 1. The molecule has 3 heterocycles. The molecule has 1 aromatic carbocycles. The van der Waals surface area contributed by atoms with Gasteiger partial charge in [0.15, 0.2) is 5.65 Å². The molecule has 7 nitrogen and oxygen atoms in total. The number of piperidine rings is 1. The first-order valence-electron chi connectivity index (χ1n) is 8.60. The zero-order valence-corrected chi connectivity index (χ0v) is 14.1. The van der Waals surface area contributed by atoms with E-state index in [2.05, 4.69) is 20.0 Å². The fourth-order valence-corrected chi connectivity index (χ4v) is 3.41. The van der Waals surface area contributed by atoms with Gasteiger partial charge in [-0.2, -0.15) is 10.1 Å². The molecule has 2 aromatic heterocycles. The van der Waals surface area contributed by atoms with Crippen LogP contribution in [0.15, 0.2) is 41.3 Å². The molecular weight excluding hydrogens is 318 g/mol. The summed E-state index contributed by atoms with van der Waals surface area (Å²) in [6, 6.07) is 9.66. The van der Waals surface area contributed by atoms with E-state index in [1.54, 1.807) is 10.9 Å². The second-order valence-electron chi connectivity index (χ2n) is 6.58. The first-order valence-corrected chi connectivity index (χ1v) is 8.60. The number of benzene rings is 1. The van der Waals surface area contributed by atoms with E-state index in [0.717, 1.165) is 31.6 Å². The lowest BCUT2D eigenvalue weighted by Crippen LogP contribution is -2.38. The monoisotopic (exact) mass is 339 g/mol. The Morgan fingerprint density at radius 2 is 1.96 bits per heavy atom. The van der Waals surface area contributed by atoms with Gasteiger partial charge in [-0.15, -0.1) is 0 Å². The predicted octanol–water partition coefficient (Wildman–Crippen LogP) is 1.71. The number of aromatic nitrogens is 4. The van der Waals surface area contributed by atoms with Crippen LogP contribution in [0.3, 0.4) is 0 Å². The van der Waals surface area contributed by atoms with Crippen molar-refractivity contribution in [2.75, 3.05) is 18.0 Å². The molecule has 1 fully saturated rings. The van der Waals surface area contributed by atoms with Gasteiger partial charge in [-0.3, -0.25) is 9.78 Å². The maximum Gasteiger partial charge on any atom is 0.263 e. The first kappa shape index (κ1) is 15.8. The smallest absolute Gasteiger partial charge is 0.263 e. The summed E-state index contributed by atoms with van der Waals surface area (Å²) in [7, 11) is 0. The highest BCUT2D eigenvalue weighted by Gasteiger charge is 2.24. The maximum atomic E-state index is 12.4. The van der Waals surface area contributed by atoms with Crippen molar-refractivity contribution in [2.45, 2.75) is 25.9 Å². The molecule has 0 aliphatic carbocycles. The molecule has 1 aliphatic rings. The van der Waals surface area contributed by atoms with Crippen molar-refractivity contribution in [1.29, 1.82) is 0 Å². The van der Waals surface area contributed by atoms with Crippen LogP contribution in [-0.4, -0.2) is 44.0 Å². The van der Waals surface area contributed by atoms with E-state index >= 15 is 0 Å². The summed E-state index contributed by atoms with van der Waals surface area (Å²) in [5.74, 6) is 0.876. The number of aromatic amines is 1. The lowest BCUT2D eigenvalue weighted by molar-refractivity contribution is 0.109. The summed E-state index contributed by atoms with van der Waals surface area (Å²) < 4.78 is 1.69. The Kier molecular flexibility index (Phi) is 4.01. The minimum absolute atomic E-state index is 0.181. The van der Waals surface area contributed by atoms with Crippen LogP contribution in [0.5, 0.6) is 0 Å². The van der Waals surface area contributed by atoms with Gasteiger partial charge in [0.2, 0.25) is 5.95 Å². The summed E-state index contributed by atoms with van der Waals surface area (Å²) in [6.45, 7) is 3.37. The zero-order chi connectivity index (χ0) is 17.4. The Morgan fingerprint density at radius 3 is 2.64 bits per heavy atom. The Balaban J connectivity index is 1.71. The van der Waals surface area contributed by atoms with Crippen molar-refractivity contribution in [2.24, 2.45) is 5.92 Å². The topological polar surface area (TPSA) is 87.0 Å². The van der Waals surface area contributed by atoms with Crippen molar-refractivity contribution in [3.63, 3.8) is 0 Å². The number of fused-ring (bicyclic) bond motifs is 1. The predicted molar refractivity (Wildman–Crippen MR) is 96.1 cm³/mol. The lowest BCUT2D eigenvalue weighted by Gasteiger charge is -2.33. The van der Waals surface area contributed by atoms with Crippen LogP contribution in [0.4, 0.5) is 5.95 Å². The number of aliphatic hydroxyl groups excluding tert-OH is 1. The molecule has 4 rings (SSSR count). The molecule has 0 bridgehead atoms. The fraction of sp³-hybridized carbons (Fsp3) is 0.389. The standard InChI is InChI=1S/C18H21N5O2/c1-12(24)13-7-9-22(10-8-13)18-20-16-15(17(25)21-18)11-19-23(16)14-5-3-2-4-6-14/h2-6,11-13,24H,7-10H2,1H3,(H,20,21,25). The third-order valence-corrected chi connectivity index (χ3v) is 4.95. The normalized spacial score (nSPS) is 17.1. The molecule has 0 amide bonds. The van der Waals surface area contributed by atoms with E-state index in [1.165, 1.54) is 0 Å². The number of para-hydroxylation sites is 1. The van der Waals surface area contributed by atoms with Crippen LogP contribution in [0.2, 0.25) is 0 Å². The summed E-state index contributed by atoms with van der Waals surface area (Å²) in [4.78, 5) is 22.1. The van der Waals surface area contributed by atoms with Gasteiger partial charge in [-0.25, -0.2) is 4.68 Å². The Labute approximate surface area is 144 Å². The van der Waals surface area contributed by atoms with Crippen LogP contribution in [0, 0.1) is 5.92 Å². The number of nitrogens with one attached hydrogen (secondary N) is 1. The van der Waals surface area contributed by atoms with Gasteiger partial charge >= 0.3 is 0 Å². The molecule has 1 aliphatic heterocycles. The summed E-state index contributed by atoms with van der Waals surface area (Å²) in [5, 5.41) is 14.6. The second kappa shape index (κ2) is 6.33. The van der Waals surface area contributed by atoms with Crippen molar-refractivity contribution < 1.29 is 5.11 Å². The van der Waals surface area contributed by atoms with E-state index in [4.69, 9.17) is 0 Å². The van der Waals surface area contributed by atoms with Gasteiger partial charge in [0.1, 0.15) is 5.39 Å². The van der Waals surface area contributed by atoms with E-state index in [1.807, 2.05) is 37.3 Å². The van der Waals surface area contributed by atoms with Crippen molar-refractivity contribution in [3.05, 3.63) is 46.9 Å². The highest BCUT2D eigenvalue weighted by molar-refractivity contribution is 5.76. The van der Waals surface area contributed by atoms with Crippen LogP contribution < -0.4 is 10.5 Å².